The van der Waals surface area contributed by atoms with Crippen LogP contribution in [0.25, 0.3) is 0 Å². The van der Waals surface area contributed by atoms with E-state index in [0.29, 0.717) is 6.54 Å². The van der Waals surface area contributed by atoms with Gasteiger partial charge < -0.3 is 10.6 Å². The molecule has 1 heterocycles. The highest BCUT2D eigenvalue weighted by Crippen LogP contribution is 2.27. The summed E-state index contributed by atoms with van der Waals surface area (Å²) in [4.78, 5) is 6.66. The van der Waals surface area contributed by atoms with E-state index in [2.05, 4.69) is 53.6 Å². The van der Waals surface area contributed by atoms with Crippen molar-refractivity contribution in [3.8, 4) is 0 Å². The van der Waals surface area contributed by atoms with E-state index in [1.165, 1.54) is 0 Å². The quantitative estimate of drug-likeness (QED) is 0.925. The van der Waals surface area contributed by atoms with Gasteiger partial charge in [0.15, 0.2) is 0 Å². The number of halogens is 1. The van der Waals surface area contributed by atoms with Crippen molar-refractivity contribution >= 4 is 21.7 Å². The van der Waals surface area contributed by atoms with Crippen LogP contribution in [-0.4, -0.2) is 17.6 Å². The molecule has 1 rings (SSSR count). The van der Waals surface area contributed by atoms with Crippen molar-refractivity contribution in [1.82, 2.24) is 4.98 Å². The molecule has 0 saturated heterocycles. The van der Waals surface area contributed by atoms with Crippen molar-refractivity contribution < 1.29 is 0 Å². The number of nitrogens with zero attached hydrogens (tertiary/aromatic N) is 2. The molecule has 16 heavy (non-hydrogen) atoms. The average molecular weight is 286 g/mol. The number of nitrogens with two attached hydrogens (primary N) is 1. The topological polar surface area (TPSA) is 42.2 Å². The average Bonchev–Trinajstić information content (AvgIpc) is 2.27. The van der Waals surface area contributed by atoms with Crippen molar-refractivity contribution in [2.75, 3.05) is 11.9 Å². The zero-order valence-corrected chi connectivity index (χ0v) is 12.0. The van der Waals surface area contributed by atoms with E-state index in [0.717, 1.165) is 22.3 Å². The number of pyridine rings is 1. The number of hydrogen-bond donors (Lipinski definition) is 1. The first-order valence-corrected chi connectivity index (χ1v) is 6.30. The first-order chi connectivity index (χ1) is 7.42. The van der Waals surface area contributed by atoms with Crippen LogP contribution in [0.4, 0.5) is 5.82 Å². The smallest absolute Gasteiger partial charge is 0.133 e. The van der Waals surface area contributed by atoms with Gasteiger partial charge in [0.25, 0.3) is 0 Å². The van der Waals surface area contributed by atoms with Crippen LogP contribution >= 0.6 is 15.9 Å². The monoisotopic (exact) mass is 285 g/mol. The molecule has 0 saturated carbocycles. The second kappa shape index (κ2) is 5.15. The fourth-order valence-electron chi connectivity index (χ4n) is 1.45. The molecule has 90 valence electrons. The Morgan fingerprint density at radius 1 is 1.50 bits per heavy atom. The Morgan fingerprint density at radius 2 is 2.12 bits per heavy atom. The maximum atomic E-state index is 5.75. The summed E-state index contributed by atoms with van der Waals surface area (Å²) in [6.07, 6.45) is 2.88. The van der Waals surface area contributed by atoms with Crippen molar-refractivity contribution in [1.29, 1.82) is 0 Å². The van der Waals surface area contributed by atoms with Gasteiger partial charge in [-0.15, -0.1) is 0 Å². The highest BCUT2D eigenvalue weighted by molar-refractivity contribution is 9.10. The summed E-state index contributed by atoms with van der Waals surface area (Å²) < 4.78 is 0.972. The minimum Gasteiger partial charge on any atom is -0.354 e. The molecule has 0 atom stereocenters. The van der Waals surface area contributed by atoms with Crippen molar-refractivity contribution in [3.05, 3.63) is 22.3 Å². The molecule has 0 aromatic carbocycles. The zero-order valence-electron chi connectivity index (χ0n) is 10.4. The van der Waals surface area contributed by atoms with Crippen molar-refractivity contribution in [3.63, 3.8) is 0 Å². The van der Waals surface area contributed by atoms with Gasteiger partial charge in [0, 0.05) is 35.4 Å². The van der Waals surface area contributed by atoms with Gasteiger partial charge in [-0.2, -0.15) is 0 Å². The van der Waals surface area contributed by atoms with Crippen LogP contribution in [0.3, 0.4) is 0 Å². The maximum Gasteiger partial charge on any atom is 0.133 e. The molecule has 0 aliphatic rings. The standard InChI is InChI=1S/C12H20BrN3/c1-5-12(2,3)16(4)11-9(7-14)6-10(13)8-15-11/h6,8H,5,7,14H2,1-4H3. The van der Waals surface area contributed by atoms with Crippen LogP contribution in [-0.2, 0) is 6.54 Å². The molecule has 0 aliphatic carbocycles. The Bertz CT molecular complexity index is 363. The molecular formula is C12H20BrN3. The third-order valence-electron chi connectivity index (χ3n) is 3.22. The van der Waals surface area contributed by atoms with Gasteiger partial charge >= 0.3 is 0 Å². The van der Waals surface area contributed by atoms with Crippen LogP contribution < -0.4 is 10.6 Å². The lowest BCUT2D eigenvalue weighted by atomic mass is 9.99. The summed E-state index contributed by atoms with van der Waals surface area (Å²) >= 11 is 3.42. The van der Waals surface area contributed by atoms with E-state index < -0.39 is 0 Å². The third-order valence-corrected chi connectivity index (χ3v) is 3.65. The van der Waals surface area contributed by atoms with Gasteiger partial charge in [-0.3, -0.25) is 0 Å². The molecule has 0 aliphatic heterocycles. The molecular weight excluding hydrogens is 266 g/mol. The fourth-order valence-corrected chi connectivity index (χ4v) is 1.83. The fraction of sp³-hybridized carbons (Fsp3) is 0.583. The van der Waals surface area contributed by atoms with Crippen LogP contribution in [0.1, 0.15) is 32.8 Å². The molecule has 0 spiro atoms. The normalized spacial score (nSPS) is 11.6. The molecule has 0 fully saturated rings. The highest BCUT2D eigenvalue weighted by atomic mass is 79.9. The molecule has 1 aromatic heterocycles. The molecule has 3 nitrogen and oxygen atoms in total. The number of aromatic nitrogens is 1. The Hall–Kier alpha value is -0.610. The lowest BCUT2D eigenvalue weighted by molar-refractivity contribution is 0.466. The second-order valence-electron chi connectivity index (χ2n) is 4.57. The molecule has 2 N–H and O–H groups in total. The van der Waals surface area contributed by atoms with E-state index >= 15 is 0 Å². The van der Waals surface area contributed by atoms with Gasteiger partial charge in [0.05, 0.1) is 0 Å². The zero-order chi connectivity index (χ0) is 12.3. The summed E-state index contributed by atoms with van der Waals surface area (Å²) in [5.41, 5.74) is 6.91. The summed E-state index contributed by atoms with van der Waals surface area (Å²) in [5, 5.41) is 0. The summed E-state index contributed by atoms with van der Waals surface area (Å²) in [7, 11) is 2.07. The first-order valence-electron chi connectivity index (χ1n) is 5.50. The van der Waals surface area contributed by atoms with E-state index in [-0.39, 0.29) is 5.54 Å². The van der Waals surface area contributed by atoms with Crippen molar-refractivity contribution in [2.24, 2.45) is 5.73 Å². The van der Waals surface area contributed by atoms with E-state index in [9.17, 15) is 0 Å². The molecule has 1 aromatic rings. The predicted octanol–water partition coefficient (Wildman–Crippen LogP) is 2.93. The van der Waals surface area contributed by atoms with Gasteiger partial charge in [-0.05, 0) is 42.3 Å². The number of hydrogen-bond acceptors (Lipinski definition) is 3. The van der Waals surface area contributed by atoms with E-state index in [4.69, 9.17) is 5.73 Å². The van der Waals surface area contributed by atoms with Crippen LogP contribution in [0.15, 0.2) is 16.7 Å². The second-order valence-corrected chi connectivity index (χ2v) is 5.48. The Balaban J connectivity index is 3.13. The minimum atomic E-state index is 0.0880. The largest absolute Gasteiger partial charge is 0.354 e. The Labute approximate surface area is 106 Å². The SMILES string of the molecule is CCC(C)(C)N(C)c1ncc(Br)cc1CN. The molecule has 4 heteroatoms. The summed E-state index contributed by atoms with van der Waals surface area (Å²) in [5.74, 6) is 0.970. The molecule has 0 unspecified atom stereocenters. The van der Waals surface area contributed by atoms with Gasteiger partial charge in [0.2, 0.25) is 0 Å². The lowest BCUT2D eigenvalue weighted by Crippen LogP contribution is -2.41. The summed E-state index contributed by atoms with van der Waals surface area (Å²) in [6, 6.07) is 2.03. The van der Waals surface area contributed by atoms with Crippen molar-refractivity contribution in [2.45, 2.75) is 39.3 Å². The predicted molar refractivity (Wildman–Crippen MR) is 72.6 cm³/mol. The first kappa shape index (κ1) is 13.5. The molecule has 0 radical (unpaired) electrons. The lowest BCUT2D eigenvalue weighted by Gasteiger charge is -2.36. The number of rotatable bonds is 4. The highest BCUT2D eigenvalue weighted by Gasteiger charge is 2.24. The van der Waals surface area contributed by atoms with Gasteiger partial charge in [-0.1, -0.05) is 6.92 Å². The van der Waals surface area contributed by atoms with E-state index in [1.807, 2.05) is 12.3 Å². The third kappa shape index (κ3) is 2.74. The Morgan fingerprint density at radius 3 is 2.62 bits per heavy atom. The maximum absolute atomic E-state index is 5.75. The Kier molecular flexibility index (Phi) is 4.33. The van der Waals surface area contributed by atoms with Gasteiger partial charge in [-0.25, -0.2) is 4.98 Å². The molecule has 0 bridgehead atoms. The minimum absolute atomic E-state index is 0.0880. The van der Waals surface area contributed by atoms with E-state index in [1.54, 1.807) is 0 Å². The van der Waals surface area contributed by atoms with Crippen LogP contribution in [0, 0.1) is 0 Å². The number of anilines is 1. The van der Waals surface area contributed by atoms with Crippen LogP contribution in [0.5, 0.6) is 0 Å². The summed E-state index contributed by atoms with van der Waals surface area (Å²) in [6.45, 7) is 7.09. The van der Waals surface area contributed by atoms with Gasteiger partial charge in [0.1, 0.15) is 5.82 Å². The van der Waals surface area contributed by atoms with Crippen LogP contribution in [0.2, 0.25) is 0 Å². The molecule has 0 amide bonds.